The molecule has 3 nitrogen and oxygen atoms in total. The number of rotatable bonds is 8. The number of aliphatic hydroxyl groups is 1. The molecule has 1 amide bonds. The number of carbonyl (C=O) groups excluding carboxylic acids is 1. The first-order valence-corrected chi connectivity index (χ1v) is 6.24. The van der Waals surface area contributed by atoms with E-state index >= 15 is 0 Å². The second-order valence-electron chi connectivity index (χ2n) is 4.12. The lowest BCUT2D eigenvalue weighted by atomic mass is 10.1. The van der Waals surface area contributed by atoms with E-state index in [9.17, 15) is 4.79 Å². The summed E-state index contributed by atoms with van der Waals surface area (Å²) in [6, 6.07) is 10.3. The van der Waals surface area contributed by atoms with Gasteiger partial charge in [0, 0.05) is 19.6 Å². The van der Waals surface area contributed by atoms with Gasteiger partial charge >= 0.3 is 0 Å². The Hall–Kier alpha value is -1.35. The van der Waals surface area contributed by atoms with Crippen molar-refractivity contribution < 1.29 is 9.90 Å². The molecular formula is C14H21NO2. The van der Waals surface area contributed by atoms with Gasteiger partial charge in [0.15, 0.2) is 0 Å². The molecule has 17 heavy (non-hydrogen) atoms. The highest BCUT2D eigenvalue weighted by Crippen LogP contribution is 2.01. The van der Waals surface area contributed by atoms with E-state index in [4.69, 9.17) is 5.11 Å². The molecule has 1 aromatic carbocycles. The quantitative estimate of drug-likeness (QED) is 0.676. The maximum atomic E-state index is 11.3. The number of hydrogen-bond donors (Lipinski definition) is 2. The Morgan fingerprint density at radius 3 is 2.59 bits per heavy atom. The molecule has 1 rings (SSSR count). The van der Waals surface area contributed by atoms with E-state index in [1.54, 1.807) is 0 Å². The van der Waals surface area contributed by atoms with Crippen LogP contribution in [-0.2, 0) is 11.2 Å². The Morgan fingerprint density at radius 1 is 1.12 bits per heavy atom. The number of aryl methyl sites for hydroxylation is 1. The summed E-state index contributed by atoms with van der Waals surface area (Å²) in [5, 5.41) is 11.5. The van der Waals surface area contributed by atoms with Crippen molar-refractivity contribution in [1.82, 2.24) is 5.32 Å². The van der Waals surface area contributed by atoms with Gasteiger partial charge in [-0.15, -0.1) is 0 Å². The summed E-state index contributed by atoms with van der Waals surface area (Å²) < 4.78 is 0. The van der Waals surface area contributed by atoms with E-state index in [-0.39, 0.29) is 12.5 Å². The van der Waals surface area contributed by atoms with Crippen LogP contribution >= 0.6 is 0 Å². The fourth-order valence-electron chi connectivity index (χ4n) is 1.65. The van der Waals surface area contributed by atoms with Gasteiger partial charge in [0.05, 0.1) is 0 Å². The predicted octanol–water partition coefficient (Wildman–Crippen LogP) is 1.90. The number of hydrogen-bond acceptors (Lipinski definition) is 2. The van der Waals surface area contributed by atoms with Crippen LogP contribution in [0.15, 0.2) is 30.3 Å². The largest absolute Gasteiger partial charge is 0.396 e. The summed E-state index contributed by atoms with van der Waals surface area (Å²) in [6.45, 7) is 0.897. The summed E-state index contributed by atoms with van der Waals surface area (Å²) in [5.74, 6) is 0.0894. The monoisotopic (exact) mass is 235 g/mol. The number of unbranched alkanes of at least 4 members (excludes halogenated alkanes) is 1. The van der Waals surface area contributed by atoms with Gasteiger partial charge in [0.1, 0.15) is 0 Å². The second kappa shape index (κ2) is 8.76. The Kier molecular flexibility index (Phi) is 7.07. The van der Waals surface area contributed by atoms with Gasteiger partial charge in [-0.05, 0) is 31.2 Å². The van der Waals surface area contributed by atoms with E-state index in [1.165, 1.54) is 5.56 Å². The number of nitrogens with one attached hydrogen (secondary N) is 1. The highest BCUT2D eigenvalue weighted by atomic mass is 16.2. The first kappa shape index (κ1) is 13.7. The molecule has 94 valence electrons. The molecule has 0 aromatic heterocycles. The highest BCUT2D eigenvalue weighted by Gasteiger charge is 1.99. The average molecular weight is 235 g/mol. The van der Waals surface area contributed by atoms with E-state index in [2.05, 4.69) is 17.4 Å². The van der Waals surface area contributed by atoms with E-state index in [1.807, 2.05) is 18.2 Å². The smallest absolute Gasteiger partial charge is 0.219 e. The maximum Gasteiger partial charge on any atom is 0.219 e. The zero-order valence-corrected chi connectivity index (χ0v) is 10.2. The molecule has 0 aliphatic heterocycles. The summed E-state index contributed by atoms with van der Waals surface area (Å²) in [4.78, 5) is 11.3. The van der Waals surface area contributed by atoms with Crippen LogP contribution in [0.4, 0.5) is 0 Å². The topological polar surface area (TPSA) is 49.3 Å². The van der Waals surface area contributed by atoms with Crippen molar-refractivity contribution in [3.63, 3.8) is 0 Å². The molecule has 0 fully saturated rings. The molecule has 0 bridgehead atoms. The minimum atomic E-state index is 0.0894. The zero-order valence-electron chi connectivity index (χ0n) is 10.2. The van der Waals surface area contributed by atoms with Crippen molar-refractivity contribution in [2.45, 2.75) is 32.1 Å². The van der Waals surface area contributed by atoms with Gasteiger partial charge in [-0.3, -0.25) is 4.79 Å². The molecule has 0 radical (unpaired) electrons. The molecule has 3 heteroatoms. The molecule has 0 unspecified atom stereocenters. The van der Waals surface area contributed by atoms with Crippen molar-refractivity contribution in [2.75, 3.05) is 13.2 Å². The molecular weight excluding hydrogens is 214 g/mol. The lowest BCUT2D eigenvalue weighted by molar-refractivity contribution is -0.121. The normalized spacial score (nSPS) is 10.2. The fourth-order valence-corrected chi connectivity index (χ4v) is 1.65. The van der Waals surface area contributed by atoms with Crippen LogP contribution in [0.1, 0.15) is 31.2 Å². The summed E-state index contributed by atoms with van der Waals surface area (Å²) in [5.41, 5.74) is 1.31. The molecule has 1 aromatic rings. The van der Waals surface area contributed by atoms with Gasteiger partial charge in [-0.25, -0.2) is 0 Å². The summed E-state index contributed by atoms with van der Waals surface area (Å²) in [7, 11) is 0. The van der Waals surface area contributed by atoms with Crippen LogP contribution in [0.2, 0.25) is 0 Å². The van der Waals surface area contributed by atoms with Crippen LogP contribution in [0.3, 0.4) is 0 Å². The van der Waals surface area contributed by atoms with Crippen molar-refractivity contribution in [3.05, 3.63) is 35.9 Å². The van der Waals surface area contributed by atoms with Gasteiger partial charge in [-0.1, -0.05) is 30.3 Å². The standard InChI is InChI=1S/C14H21NO2/c16-12-5-4-10-14(17)15-11-6-9-13-7-2-1-3-8-13/h1-3,7-8,16H,4-6,9-12H2,(H,15,17). The molecule has 0 saturated carbocycles. The van der Waals surface area contributed by atoms with Crippen LogP contribution in [0.5, 0.6) is 0 Å². The predicted molar refractivity (Wildman–Crippen MR) is 68.7 cm³/mol. The SMILES string of the molecule is O=C(CCCCO)NCCCc1ccccc1. The number of amides is 1. The third kappa shape index (κ3) is 6.74. The molecule has 0 saturated heterocycles. The van der Waals surface area contributed by atoms with Crippen molar-refractivity contribution in [2.24, 2.45) is 0 Å². The van der Waals surface area contributed by atoms with Gasteiger partial charge in [-0.2, -0.15) is 0 Å². The van der Waals surface area contributed by atoms with Crippen LogP contribution in [-0.4, -0.2) is 24.2 Å². The lowest BCUT2D eigenvalue weighted by Gasteiger charge is -2.05. The minimum absolute atomic E-state index is 0.0894. The number of carbonyl (C=O) groups is 1. The highest BCUT2D eigenvalue weighted by molar-refractivity contribution is 5.75. The first-order valence-electron chi connectivity index (χ1n) is 6.24. The zero-order chi connectivity index (χ0) is 12.3. The van der Waals surface area contributed by atoms with Crippen LogP contribution in [0, 0.1) is 0 Å². The third-order valence-electron chi connectivity index (χ3n) is 2.62. The van der Waals surface area contributed by atoms with Crippen molar-refractivity contribution in [1.29, 1.82) is 0 Å². The molecule has 0 aliphatic carbocycles. The van der Waals surface area contributed by atoms with E-state index < -0.39 is 0 Å². The molecule has 0 atom stereocenters. The lowest BCUT2D eigenvalue weighted by Crippen LogP contribution is -2.24. The van der Waals surface area contributed by atoms with E-state index in [0.29, 0.717) is 12.8 Å². The van der Waals surface area contributed by atoms with E-state index in [0.717, 1.165) is 25.8 Å². The number of benzene rings is 1. The van der Waals surface area contributed by atoms with Gasteiger partial charge < -0.3 is 10.4 Å². The van der Waals surface area contributed by atoms with Crippen LogP contribution < -0.4 is 5.32 Å². The summed E-state index contributed by atoms with van der Waals surface area (Å²) >= 11 is 0. The Bertz CT molecular complexity index is 311. The summed E-state index contributed by atoms with van der Waals surface area (Å²) in [6.07, 6.45) is 3.96. The Morgan fingerprint density at radius 2 is 1.88 bits per heavy atom. The van der Waals surface area contributed by atoms with Gasteiger partial charge in [0.2, 0.25) is 5.91 Å². The van der Waals surface area contributed by atoms with Gasteiger partial charge in [0.25, 0.3) is 0 Å². The molecule has 2 N–H and O–H groups in total. The second-order valence-corrected chi connectivity index (χ2v) is 4.12. The Labute approximate surface area is 103 Å². The first-order chi connectivity index (χ1) is 8.33. The van der Waals surface area contributed by atoms with Crippen LogP contribution in [0.25, 0.3) is 0 Å². The minimum Gasteiger partial charge on any atom is -0.396 e. The average Bonchev–Trinajstić information content (AvgIpc) is 2.36. The van der Waals surface area contributed by atoms with Crippen molar-refractivity contribution >= 4 is 5.91 Å². The maximum absolute atomic E-state index is 11.3. The molecule has 0 spiro atoms. The number of aliphatic hydroxyl groups excluding tert-OH is 1. The Balaban J connectivity index is 2.02. The molecule has 0 heterocycles. The van der Waals surface area contributed by atoms with Crippen molar-refractivity contribution in [3.8, 4) is 0 Å². The fraction of sp³-hybridized carbons (Fsp3) is 0.500. The third-order valence-corrected chi connectivity index (χ3v) is 2.62. The molecule has 0 aliphatic rings.